The molecule has 6 heteroatoms. The van der Waals surface area contributed by atoms with Gasteiger partial charge in [-0.1, -0.05) is 23.7 Å². The predicted octanol–water partition coefficient (Wildman–Crippen LogP) is 4.72. The summed E-state index contributed by atoms with van der Waals surface area (Å²) >= 11 is 5.95. The number of halogens is 1. The zero-order valence-electron chi connectivity index (χ0n) is 14.7. The molecule has 4 nitrogen and oxygen atoms in total. The Hall–Kier alpha value is -3.02. The Kier molecular flexibility index (Phi) is 5.19. The molecule has 0 aliphatic carbocycles. The van der Waals surface area contributed by atoms with E-state index in [9.17, 15) is 9.00 Å². The Morgan fingerprint density at radius 1 is 0.857 bits per heavy atom. The van der Waals surface area contributed by atoms with Gasteiger partial charge in [0.15, 0.2) is 0 Å². The summed E-state index contributed by atoms with van der Waals surface area (Å²) in [6.07, 6.45) is 3.39. The van der Waals surface area contributed by atoms with Crippen LogP contribution in [0.5, 0.6) is 0 Å². The first-order valence-electron chi connectivity index (χ1n) is 8.54. The third kappa shape index (κ3) is 3.81. The minimum atomic E-state index is -1.43. The highest BCUT2D eigenvalue weighted by atomic mass is 35.5. The van der Waals surface area contributed by atoms with Crippen molar-refractivity contribution in [2.45, 2.75) is 9.79 Å². The van der Waals surface area contributed by atoms with Crippen LogP contribution in [0.15, 0.2) is 106 Å². The van der Waals surface area contributed by atoms with Gasteiger partial charge < -0.3 is 0 Å². The van der Waals surface area contributed by atoms with Crippen LogP contribution in [0, 0.1) is 0 Å². The molecular formula is C22H15ClN2O2S. The van der Waals surface area contributed by atoms with Gasteiger partial charge in [0, 0.05) is 38.8 Å². The smallest absolute Gasteiger partial charge is 0.255 e. The number of benzene rings is 2. The number of hydrogen-bond donors (Lipinski definition) is 0. The molecule has 0 saturated heterocycles. The molecule has 0 fully saturated rings. The Morgan fingerprint density at radius 2 is 1.64 bits per heavy atom. The summed E-state index contributed by atoms with van der Waals surface area (Å²) in [5, 5.41) is 0.583. The second-order valence-electron chi connectivity index (χ2n) is 6.06. The molecule has 0 spiro atoms. The molecule has 4 aromatic rings. The van der Waals surface area contributed by atoms with Crippen molar-refractivity contribution in [1.29, 1.82) is 0 Å². The lowest BCUT2D eigenvalue weighted by atomic mass is 10.1. The number of aromatic nitrogens is 2. The van der Waals surface area contributed by atoms with Crippen molar-refractivity contribution in [3.63, 3.8) is 0 Å². The minimum absolute atomic E-state index is 0.163. The van der Waals surface area contributed by atoms with Crippen LogP contribution in [-0.2, 0) is 10.8 Å². The van der Waals surface area contributed by atoms with E-state index in [-0.39, 0.29) is 5.56 Å². The molecule has 2 aromatic carbocycles. The van der Waals surface area contributed by atoms with E-state index in [0.29, 0.717) is 20.5 Å². The molecule has 4 rings (SSSR count). The lowest BCUT2D eigenvalue weighted by Crippen LogP contribution is -2.16. The zero-order valence-corrected chi connectivity index (χ0v) is 16.2. The van der Waals surface area contributed by atoms with Crippen molar-refractivity contribution >= 4 is 22.4 Å². The molecule has 0 aliphatic heterocycles. The van der Waals surface area contributed by atoms with Crippen molar-refractivity contribution in [2.75, 3.05) is 0 Å². The van der Waals surface area contributed by atoms with Gasteiger partial charge in [-0.15, -0.1) is 0 Å². The van der Waals surface area contributed by atoms with Gasteiger partial charge in [-0.05, 0) is 60.7 Å². The van der Waals surface area contributed by atoms with Crippen LogP contribution in [0.1, 0.15) is 0 Å². The fourth-order valence-corrected chi connectivity index (χ4v) is 4.09. The third-order valence-electron chi connectivity index (χ3n) is 4.19. The molecule has 1 atom stereocenters. The van der Waals surface area contributed by atoms with E-state index in [1.807, 2.05) is 30.3 Å². The Labute approximate surface area is 169 Å². The van der Waals surface area contributed by atoms with Crippen LogP contribution in [0.25, 0.3) is 16.9 Å². The topological polar surface area (TPSA) is 52.0 Å². The Balaban J connectivity index is 1.89. The molecule has 0 amide bonds. The Bertz CT molecular complexity index is 1210. The maximum atomic E-state index is 13.2. The molecule has 2 aromatic heterocycles. The van der Waals surface area contributed by atoms with E-state index in [1.165, 1.54) is 10.6 Å². The first-order valence-corrected chi connectivity index (χ1v) is 10.1. The Morgan fingerprint density at radius 3 is 2.36 bits per heavy atom. The van der Waals surface area contributed by atoms with Crippen molar-refractivity contribution in [1.82, 2.24) is 9.55 Å². The largest absolute Gasteiger partial charge is 0.284 e. The number of hydrogen-bond acceptors (Lipinski definition) is 3. The van der Waals surface area contributed by atoms with E-state index in [1.54, 1.807) is 54.9 Å². The monoisotopic (exact) mass is 406 g/mol. The molecule has 0 N–H and O–H groups in total. The number of nitrogens with zero attached hydrogens (tertiary/aromatic N) is 2. The van der Waals surface area contributed by atoms with Gasteiger partial charge in [0.1, 0.15) is 0 Å². The highest BCUT2D eigenvalue weighted by Gasteiger charge is 2.13. The number of rotatable bonds is 4. The summed E-state index contributed by atoms with van der Waals surface area (Å²) in [5.74, 6) is 0. The minimum Gasteiger partial charge on any atom is -0.284 e. The van der Waals surface area contributed by atoms with Crippen LogP contribution >= 0.6 is 11.6 Å². The number of pyridine rings is 2. The van der Waals surface area contributed by atoms with Gasteiger partial charge in [0.2, 0.25) is 0 Å². The van der Waals surface area contributed by atoms with Gasteiger partial charge in [-0.3, -0.25) is 14.3 Å². The van der Waals surface area contributed by atoms with E-state index >= 15 is 0 Å². The van der Waals surface area contributed by atoms with Crippen LogP contribution < -0.4 is 5.56 Å². The molecule has 0 saturated carbocycles. The second kappa shape index (κ2) is 7.92. The van der Waals surface area contributed by atoms with Crippen molar-refractivity contribution < 1.29 is 4.21 Å². The molecule has 2 heterocycles. The van der Waals surface area contributed by atoms with Crippen molar-refractivity contribution in [2.24, 2.45) is 0 Å². The average molecular weight is 407 g/mol. The second-order valence-corrected chi connectivity index (χ2v) is 7.98. The third-order valence-corrected chi connectivity index (χ3v) is 5.81. The summed E-state index contributed by atoms with van der Waals surface area (Å²) in [7, 11) is -1.43. The average Bonchev–Trinajstić information content (AvgIpc) is 2.74. The quantitative estimate of drug-likeness (QED) is 0.492. The van der Waals surface area contributed by atoms with E-state index in [4.69, 9.17) is 11.6 Å². The van der Waals surface area contributed by atoms with Gasteiger partial charge in [0.05, 0.1) is 22.2 Å². The lowest BCUT2D eigenvalue weighted by molar-refractivity contribution is 0.683. The summed E-state index contributed by atoms with van der Waals surface area (Å²) in [4.78, 5) is 17.9. The molecule has 0 radical (unpaired) electrons. The van der Waals surface area contributed by atoms with Crippen LogP contribution in [0.3, 0.4) is 0 Å². The lowest BCUT2D eigenvalue weighted by Gasteiger charge is -2.11. The van der Waals surface area contributed by atoms with Crippen molar-refractivity contribution in [3.05, 3.63) is 107 Å². The van der Waals surface area contributed by atoms with Gasteiger partial charge in [-0.2, -0.15) is 0 Å². The van der Waals surface area contributed by atoms with E-state index in [0.717, 1.165) is 11.3 Å². The standard InChI is InChI=1S/C22H15ClN2O2S/c23-17-7-9-19(10-8-17)28(27)20-14-16(21-5-1-3-11-24-21)13-18(15-20)25-12-4-2-6-22(25)26/h1-15H. The predicted molar refractivity (Wildman–Crippen MR) is 111 cm³/mol. The fourth-order valence-electron chi connectivity index (χ4n) is 2.85. The molecule has 28 heavy (non-hydrogen) atoms. The summed E-state index contributed by atoms with van der Waals surface area (Å²) in [6.45, 7) is 0. The van der Waals surface area contributed by atoms with Crippen LogP contribution in [-0.4, -0.2) is 13.8 Å². The summed E-state index contributed by atoms with van der Waals surface area (Å²) < 4.78 is 14.7. The van der Waals surface area contributed by atoms with E-state index in [2.05, 4.69) is 4.98 Å². The van der Waals surface area contributed by atoms with Gasteiger partial charge >= 0.3 is 0 Å². The molecule has 1 unspecified atom stereocenters. The first kappa shape index (κ1) is 18.3. The van der Waals surface area contributed by atoms with Gasteiger partial charge in [0.25, 0.3) is 5.56 Å². The molecule has 138 valence electrons. The van der Waals surface area contributed by atoms with Gasteiger partial charge in [-0.25, -0.2) is 4.21 Å². The maximum Gasteiger partial charge on any atom is 0.255 e. The van der Waals surface area contributed by atoms with Crippen LogP contribution in [0.2, 0.25) is 5.02 Å². The van der Waals surface area contributed by atoms with Crippen LogP contribution in [0.4, 0.5) is 0 Å². The maximum absolute atomic E-state index is 13.2. The SMILES string of the molecule is O=c1ccccn1-c1cc(-c2ccccn2)cc(S(=O)c2ccc(Cl)cc2)c1. The zero-order chi connectivity index (χ0) is 19.5. The summed E-state index contributed by atoms with van der Waals surface area (Å²) in [6, 6.07) is 22.9. The highest BCUT2D eigenvalue weighted by molar-refractivity contribution is 7.85. The highest BCUT2D eigenvalue weighted by Crippen LogP contribution is 2.27. The first-order chi connectivity index (χ1) is 13.6. The molecular weight excluding hydrogens is 392 g/mol. The summed E-state index contributed by atoms with van der Waals surface area (Å²) in [5.41, 5.74) is 1.99. The fraction of sp³-hybridized carbons (Fsp3) is 0. The normalized spacial score (nSPS) is 11.9. The molecule has 0 aliphatic rings. The van der Waals surface area contributed by atoms with E-state index < -0.39 is 10.8 Å². The van der Waals surface area contributed by atoms with Crippen molar-refractivity contribution in [3.8, 4) is 16.9 Å². The molecule has 0 bridgehead atoms.